The molecule has 1 aromatic heterocycles. The highest BCUT2D eigenvalue weighted by Crippen LogP contribution is 2.19. The number of nitrogens with one attached hydrogen (secondary N) is 2. The molecule has 0 aliphatic carbocycles. The van der Waals surface area contributed by atoms with Crippen LogP contribution in [0.4, 0.5) is 0 Å². The second-order valence-electron chi connectivity index (χ2n) is 4.52. The van der Waals surface area contributed by atoms with E-state index in [1.807, 2.05) is 13.1 Å². The molecule has 0 radical (unpaired) electrons. The molecule has 84 valence electrons. The normalized spacial score (nSPS) is 20.4. The van der Waals surface area contributed by atoms with Crippen molar-refractivity contribution in [2.45, 2.75) is 38.8 Å². The molecular formula is C11H19N3O. The summed E-state index contributed by atoms with van der Waals surface area (Å²) in [5, 5.41) is 3.58. The lowest BCUT2D eigenvalue weighted by molar-refractivity contribution is 0.0445. The summed E-state index contributed by atoms with van der Waals surface area (Å²) < 4.78 is 5.36. The molecule has 0 bridgehead atoms. The predicted octanol–water partition coefficient (Wildman–Crippen LogP) is 1.38. The number of hydrogen-bond donors (Lipinski definition) is 2. The third-order valence-electron chi connectivity index (χ3n) is 3.06. The molecule has 4 heteroatoms. The maximum absolute atomic E-state index is 5.36. The van der Waals surface area contributed by atoms with E-state index in [1.54, 1.807) is 0 Å². The number of hydrogen-bond acceptors (Lipinski definition) is 3. The second kappa shape index (κ2) is 4.33. The molecule has 4 nitrogen and oxygen atoms in total. The van der Waals surface area contributed by atoms with Crippen molar-refractivity contribution >= 4 is 0 Å². The molecule has 0 saturated carbocycles. The summed E-state index contributed by atoms with van der Waals surface area (Å²) in [7, 11) is 0. The molecule has 2 N–H and O–H groups in total. The Kier molecular flexibility index (Phi) is 3.07. The van der Waals surface area contributed by atoms with E-state index in [-0.39, 0.29) is 5.54 Å². The lowest BCUT2D eigenvalue weighted by Crippen LogP contribution is -2.46. The van der Waals surface area contributed by atoms with Gasteiger partial charge < -0.3 is 15.0 Å². The van der Waals surface area contributed by atoms with E-state index in [0.717, 1.165) is 44.1 Å². The number of nitrogens with zero attached hydrogens (tertiary/aromatic N) is 1. The van der Waals surface area contributed by atoms with Crippen LogP contribution in [0.2, 0.25) is 0 Å². The van der Waals surface area contributed by atoms with E-state index < -0.39 is 0 Å². The second-order valence-corrected chi connectivity index (χ2v) is 4.52. The van der Waals surface area contributed by atoms with Crippen LogP contribution in [0.1, 0.15) is 31.3 Å². The molecule has 0 amide bonds. The van der Waals surface area contributed by atoms with Gasteiger partial charge in [-0.2, -0.15) is 0 Å². The SMILES string of the molecule is Cc1ncc(CNC2(C)CCOCC2)[nH]1. The van der Waals surface area contributed by atoms with Crippen LogP contribution in [0.5, 0.6) is 0 Å². The first-order valence-corrected chi connectivity index (χ1v) is 5.51. The van der Waals surface area contributed by atoms with Crippen molar-refractivity contribution in [2.75, 3.05) is 13.2 Å². The minimum absolute atomic E-state index is 0.220. The highest BCUT2D eigenvalue weighted by atomic mass is 16.5. The monoisotopic (exact) mass is 209 g/mol. The molecule has 0 unspecified atom stereocenters. The van der Waals surface area contributed by atoms with Crippen LogP contribution in [0.25, 0.3) is 0 Å². The van der Waals surface area contributed by atoms with Gasteiger partial charge in [-0.15, -0.1) is 0 Å². The van der Waals surface area contributed by atoms with Crippen LogP contribution in [-0.2, 0) is 11.3 Å². The third-order valence-corrected chi connectivity index (χ3v) is 3.06. The van der Waals surface area contributed by atoms with Crippen molar-refractivity contribution in [1.29, 1.82) is 0 Å². The largest absolute Gasteiger partial charge is 0.381 e. The fourth-order valence-electron chi connectivity index (χ4n) is 1.87. The Balaban J connectivity index is 1.86. The zero-order valence-electron chi connectivity index (χ0n) is 9.47. The van der Waals surface area contributed by atoms with Crippen LogP contribution < -0.4 is 5.32 Å². The van der Waals surface area contributed by atoms with E-state index in [0.29, 0.717) is 0 Å². The molecule has 2 rings (SSSR count). The van der Waals surface area contributed by atoms with Crippen LogP contribution in [0.3, 0.4) is 0 Å². The Morgan fingerprint density at radius 3 is 2.87 bits per heavy atom. The molecule has 0 aromatic carbocycles. The van der Waals surface area contributed by atoms with Crippen LogP contribution in [0, 0.1) is 6.92 Å². The molecule has 15 heavy (non-hydrogen) atoms. The van der Waals surface area contributed by atoms with Gasteiger partial charge in [0.2, 0.25) is 0 Å². The smallest absolute Gasteiger partial charge is 0.103 e. The van der Waals surface area contributed by atoms with E-state index in [9.17, 15) is 0 Å². The Morgan fingerprint density at radius 1 is 1.53 bits per heavy atom. The zero-order chi connectivity index (χ0) is 10.7. The van der Waals surface area contributed by atoms with Gasteiger partial charge in [0.25, 0.3) is 0 Å². The lowest BCUT2D eigenvalue weighted by Gasteiger charge is -2.34. The Hall–Kier alpha value is -0.870. The van der Waals surface area contributed by atoms with Gasteiger partial charge in [0, 0.05) is 37.2 Å². The van der Waals surface area contributed by atoms with Crippen molar-refractivity contribution in [3.05, 3.63) is 17.7 Å². The zero-order valence-corrected chi connectivity index (χ0v) is 9.47. The summed E-state index contributed by atoms with van der Waals surface area (Å²) in [6.45, 7) is 6.83. The summed E-state index contributed by atoms with van der Waals surface area (Å²) in [6, 6.07) is 0. The first-order chi connectivity index (χ1) is 7.18. The average Bonchev–Trinajstić information content (AvgIpc) is 2.63. The van der Waals surface area contributed by atoms with Gasteiger partial charge in [-0.25, -0.2) is 4.98 Å². The molecule has 1 aromatic rings. The van der Waals surface area contributed by atoms with Gasteiger partial charge in [0.05, 0.1) is 0 Å². The number of ether oxygens (including phenoxy) is 1. The minimum atomic E-state index is 0.220. The first-order valence-electron chi connectivity index (χ1n) is 5.51. The van der Waals surface area contributed by atoms with Gasteiger partial charge >= 0.3 is 0 Å². The summed E-state index contributed by atoms with van der Waals surface area (Å²) >= 11 is 0. The molecule has 1 aliphatic heterocycles. The topological polar surface area (TPSA) is 49.9 Å². The number of rotatable bonds is 3. The predicted molar refractivity (Wildman–Crippen MR) is 58.6 cm³/mol. The van der Waals surface area contributed by atoms with Crippen molar-refractivity contribution in [3.8, 4) is 0 Å². The Morgan fingerprint density at radius 2 is 2.27 bits per heavy atom. The van der Waals surface area contributed by atoms with Crippen molar-refractivity contribution in [3.63, 3.8) is 0 Å². The van der Waals surface area contributed by atoms with Gasteiger partial charge in [-0.05, 0) is 26.7 Å². The van der Waals surface area contributed by atoms with Gasteiger partial charge in [0.15, 0.2) is 0 Å². The van der Waals surface area contributed by atoms with Gasteiger partial charge in [-0.1, -0.05) is 0 Å². The average molecular weight is 209 g/mol. The van der Waals surface area contributed by atoms with Gasteiger partial charge in [0.1, 0.15) is 5.82 Å². The highest BCUT2D eigenvalue weighted by Gasteiger charge is 2.26. The fourth-order valence-corrected chi connectivity index (χ4v) is 1.87. The molecule has 0 atom stereocenters. The summed E-state index contributed by atoms with van der Waals surface area (Å²) in [4.78, 5) is 7.41. The number of aromatic nitrogens is 2. The molecule has 0 spiro atoms. The van der Waals surface area contributed by atoms with Crippen LogP contribution in [-0.4, -0.2) is 28.7 Å². The minimum Gasteiger partial charge on any atom is -0.381 e. The van der Waals surface area contributed by atoms with E-state index in [2.05, 4.69) is 22.2 Å². The summed E-state index contributed by atoms with van der Waals surface area (Å²) in [5.41, 5.74) is 1.37. The first kappa shape index (κ1) is 10.6. The number of imidazole rings is 1. The van der Waals surface area contributed by atoms with Crippen molar-refractivity contribution in [2.24, 2.45) is 0 Å². The standard InChI is InChI=1S/C11H19N3O/c1-9-12-7-10(14-9)8-13-11(2)3-5-15-6-4-11/h7,13H,3-6,8H2,1-2H3,(H,12,14). The van der Waals surface area contributed by atoms with Crippen molar-refractivity contribution < 1.29 is 4.74 Å². The van der Waals surface area contributed by atoms with E-state index in [1.165, 1.54) is 0 Å². The molecule has 1 fully saturated rings. The molecule has 2 heterocycles. The van der Waals surface area contributed by atoms with E-state index >= 15 is 0 Å². The number of aromatic amines is 1. The Bertz CT molecular complexity index is 315. The number of aryl methyl sites for hydroxylation is 1. The molecular weight excluding hydrogens is 190 g/mol. The van der Waals surface area contributed by atoms with Gasteiger partial charge in [-0.3, -0.25) is 0 Å². The molecule has 1 aliphatic rings. The van der Waals surface area contributed by atoms with Crippen LogP contribution in [0.15, 0.2) is 6.20 Å². The molecule has 1 saturated heterocycles. The Labute approximate surface area is 90.4 Å². The number of H-pyrrole nitrogens is 1. The lowest BCUT2D eigenvalue weighted by atomic mass is 9.92. The summed E-state index contributed by atoms with van der Waals surface area (Å²) in [6.07, 6.45) is 4.06. The maximum Gasteiger partial charge on any atom is 0.103 e. The maximum atomic E-state index is 5.36. The highest BCUT2D eigenvalue weighted by molar-refractivity contribution is 5.00. The van der Waals surface area contributed by atoms with Crippen molar-refractivity contribution in [1.82, 2.24) is 15.3 Å². The summed E-state index contributed by atoms with van der Waals surface area (Å²) in [5.74, 6) is 0.976. The van der Waals surface area contributed by atoms with E-state index in [4.69, 9.17) is 4.74 Å². The quantitative estimate of drug-likeness (QED) is 0.790. The van der Waals surface area contributed by atoms with Crippen LogP contribution >= 0.6 is 0 Å². The third kappa shape index (κ3) is 2.79. The fraction of sp³-hybridized carbons (Fsp3) is 0.727.